The normalized spacial score (nSPS) is 47.4. The van der Waals surface area contributed by atoms with Crippen molar-refractivity contribution in [2.24, 2.45) is 51.2 Å². The fourth-order valence-corrected chi connectivity index (χ4v) is 12.7. The summed E-state index contributed by atoms with van der Waals surface area (Å²) in [6, 6.07) is 0.102. The Morgan fingerprint density at radius 1 is 0.909 bits per heavy atom. The third-order valence-electron chi connectivity index (χ3n) is 15.1. The minimum absolute atomic E-state index is 0.00675. The van der Waals surface area contributed by atoms with Crippen LogP contribution in [-0.2, 0) is 18.9 Å². The van der Waals surface area contributed by atoms with E-state index in [4.69, 9.17) is 18.9 Å². The Morgan fingerprint density at radius 2 is 1.68 bits per heavy atom. The molecule has 8 heteroatoms. The minimum atomic E-state index is -0.262. The second-order valence-electron chi connectivity index (χ2n) is 17.5. The molecule has 8 aliphatic rings. The lowest BCUT2D eigenvalue weighted by Crippen LogP contribution is -2.56. The number of amides is 2. The Bertz CT molecular complexity index is 1170. The van der Waals surface area contributed by atoms with Crippen LogP contribution in [0.25, 0.3) is 0 Å². The molecule has 5 aliphatic carbocycles. The Kier molecular flexibility index (Phi) is 6.94. The number of hydrogen-bond acceptors (Lipinski definition) is 6. The molecule has 44 heavy (non-hydrogen) atoms. The number of fused-ring (bicyclic) bond motifs is 4. The van der Waals surface area contributed by atoms with Crippen LogP contribution in [0.5, 0.6) is 0 Å². The molecular weight excluding hydrogens is 556 g/mol. The standard InChI is InChI=1S/C36H56N2O6/c1-21(2)30(44-32(40)38-15-6-16-38)26-9-7-24-27(42-26)17-25-23-8-10-28-33(3,4)29(43-31(39)37-22-18-41-19-22)11-12-36(28)20-35(23,36)14-13-34(24,25)5/h21-30H,6-20H2,1-5H3,(H,37,39). The fraction of sp³-hybridized carbons (Fsp3) is 0.944. The van der Waals surface area contributed by atoms with E-state index in [1.165, 1.54) is 51.4 Å². The molecular formula is C36H56N2O6. The molecule has 8 nitrogen and oxygen atoms in total. The minimum Gasteiger partial charge on any atom is -0.446 e. The summed E-state index contributed by atoms with van der Waals surface area (Å²) in [5, 5.41) is 3.00. The molecule has 3 saturated heterocycles. The predicted octanol–water partition coefficient (Wildman–Crippen LogP) is 6.55. The zero-order valence-corrected chi connectivity index (χ0v) is 27.8. The number of nitrogens with one attached hydrogen (secondary N) is 1. The largest absolute Gasteiger partial charge is 0.446 e. The molecule has 11 atom stereocenters. The first kappa shape index (κ1) is 29.8. The molecule has 0 bridgehead atoms. The topological polar surface area (TPSA) is 86.3 Å². The summed E-state index contributed by atoms with van der Waals surface area (Å²) in [7, 11) is 0. The molecule has 2 spiro atoms. The second kappa shape index (κ2) is 10.2. The molecule has 11 unspecified atom stereocenters. The summed E-state index contributed by atoms with van der Waals surface area (Å²) in [5.74, 6) is 2.98. The molecule has 8 fully saturated rings. The number of ether oxygens (including phenoxy) is 4. The predicted molar refractivity (Wildman–Crippen MR) is 165 cm³/mol. The summed E-state index contributed by atoms with van der Waals surface area (Å²) < 4.78 is 24.5. The third kappa shape index (κ3) is 4.20. The van der Waals surface area contributed by atoms with Gasteiger partial charge in [0.05, 0.1) is 31.5 Å². The third-order valence-corrected chi connectivity index (χ3v) is 15.1. The number of likely N-dealkylation sites (tertiary alicyclic amines) is 1. The lowest BCUT2D eigenvalue weighted by atomic mass is 9.46. The molecule has 0 aromatic heterocycles. The van der Waals surface area contributed by atoms with Gasteiger partial charge in [0.1, 0.15) is 12.2 Å². The van der Waals surface area contributed by atoms with E-state index in [1.807, 2.05) is 4.90 Å². The Balaban J connectivity index is 0.960. The summed E-state index contributed by atoms with van der Waals surface area (Å²) in [5.41, 5.74) is 1.22. The zero-order chi connectivity index (χ0) is 30.6. The highest BCUT2D eigenvalue weighted by atomic mass is 16.6. The highest BCUT2D eigenvalue weighted by Crippen LogP contribution is 2.87. The van der Waals surface area contributed by atoms with Crippen LogP contribution in [0.15, 0.2) is 0 Å². The lowest BCUT2D eigenvalue weighted by molar-refractivity contribution is -0.151. The van der Waals surface area contributed by atoms with Gasteiger partial charge < -0.3 is 29.2 Å². The van der Waals surface area contributed by atoms with Crippen molar-refractivity contribution < 1.29 is 28.5 Å². The number of nitrogens with zero attached hydrogens (tertiary/aromatic N) is 1. The molecule has 0 radical (unpaired) electrons. The smallest absolute Gasteiger partial charge is 0.410 e. The first-order chi connectivity index (χ1) is 21.0. The van der Waals surface area contributed by atoms with Crippen molar-refractivity contribution in [2.45, 2.75) is 136 Å². The van der Waals surface area contributed by atoms with Crippen molar-refractivity contribution in [3.63, 3.8) is 0 Å². The van der Waals surface area contributed by atoms with Gasteiger partial charge in [-0.05, 0) is 116 Å². The van der Waals surface area contributed by atoms with E-state index >= 15 is 0 Å². The average molecular weight is 613 g/mol. The van der Waals surface area contributed by atoms with Crippen molar-refractivity contribution in [1.29, 1.82) is 0 Å². The molecule has 8 rings (SSSR count). The Hall–Kier alpha value is -1.54. The summed E-state index contributed by atoms with van der Waals surface area (Å²) in [4.78, 5) is 27.3. The van der Waals surface area contributed by atoms with Crippen molar-refractivity contribution in [3.8, 4) is 0 Å². The first-order valence-electron chi connectivity index (χ1n) is 18.1. The first-order valence-corrected chi connectivity index (χ1v) is 18.1. The quantitative estimate of drug-likeness (QED) is 0.379. The van der Waals surface area contributed by atoms with Crippen LogP contribution in [0.4, 0.5) is 9.59 Å². The highest BCUT2D eigenvalue weighted by molar-refractivity contribution is 5.69. The van der Waals surface area contributed by atoms with Gasteiger partial charge in [0.15, 0.2) is 0 Å². The van der Waals surface area contributed by atoms with Gasteiger partial charge in [0.25, 0.3) is 0 Å². The molecule has 246 valence electrons. The summed E-state index contributed by atoms with van der Waals surface area (Å²) >= 11 is 0. The molecule has 5 saturated carbocycles. The van der Waals surface area contributed by atoms with E-state index in [2.05, 4.69) is 39.9 Å². The lowest BCUT2D eigenvalue weighted by Gasteiger charge is -2.59. The van der Waals surface area contributed by atoms with E-state index in [-0.39, 0.29) is 54.0 Å². The van der Waals surface area contributed by atoms with Gasteiger partial charge in [-0.2, -0.15) is 0 Å². The van der Waals surface area contributed by atoms with Crippen LogP contribution in [0.3, 0.4) is 0 Å². The molecule has 3 aliphatic heterocycles. The average Bonchev–Trinajstić information content (AvgIpc) is 3.50. The number of carbonyl (C=O) groups excluding carboxylic acids is 2. The number of hydrogen-bond donors (Lipinski definition) is 1. The van der Waals surface area contributed by atoms with Gasteiger partial charge in [-0.3, -0.25) is 0 Å². The number of carbonyl (C=O) groups is 2. The van der Waals surface area contributed by atoms with Crippen molar-refractivity contribution in [3.05, 3.63) is 0 Å². The molecule has 0 aromatic rings. The SMILES string of the molecule is CC(C)C(OC(=O)N1CCC1)C1CCC2C(CC3C4CCC5C(C)(C)C(OC(=O)NC6COC6)CCC56CC46CCC23C)O1. The maximum atomic E-state index is 12.8. The van der Waals surface area contributed by atoms with Crippen molar-refractivity contribution >= 4 is 12.2 Å². The van der Waals surface area contributed by atoms with E-state index in [0.29, 0.717) is 41.3 Å². The Labute approximate surface area is 264 Å². The molecule has 3 heterocycles. The van der Waals surface area contributed by atoms with Crippen molar-refractivity contribution in [2.75, 3.05) is 26.3 Å². The van der Waals surface area contributed by atoms with E-state index < -0.39 is 0 Å². The van der Waals surface area contributed by atoms with Crippen LogP contribution in [-0.4, -0.2) is 73.8 Å². The van der Waals surface area contributed by atoms with Crippen LogP contribution < -0.4 is 5.32 Å². The Morgan fingerprint density at radius 3 is 2.36 bits per heavy atom. The number of rotatable bonds is 5. The van der Waals surface area contributed by atoms with Gasteiger partial charge in [-0.15, -0.1) is 0 Å². The molecule has 2 amide bonds. The van der Waals surface area contributed by atoms with E-state index in [1.54, 1.807) is 0 Å². The van der Waals surface area contributed by atoms with Gasteiger partial charge in [-0.1, -0.05) is 34.6 Å². The molecule has 0 aromatic carbocycles. The van der Waals surface area contributed by atoms with Crippen LogP contribution in [0.1, 0.15) is 105 Å². The maximum Gasteiger partial charge on any atom is 0.410 e. The van der Waals surface area contributed by atoms with E-state index in [0.717, 1.165) is 44.2 Å². The second-order valence-corrected chi connectivity index (χ2v) is 17.5. The van der Waals surface area contributed by atoms with Crippen LogP contribution in [0, 0.1) is 51.2 Å². The van der Waals surface area contributed by atoms with E-state index in [9.17, 15) is 9.59 Å². The molecule has 1 N–H and O–H groups in total. The fourth-order valence-electron chi connectivity index (χ4n) is 12.7. The maximum absolute atomic E-state index is 12.8. The van der Waals surface area contributed by atoms with Crippen LogP contribution >= 0.6 is 0 Å². The van der Waals surface area contributed by atoms with Gasteiger partial charge >= 0.3 is 12.2 Å². The number of alkyl carbamates (subject to hydrolysis) is 1. The van der Waals surface area contributed by atoms with Gasteiger partial charge in [-0.25, -0.2) is 9.59 Å². The monoisotopic (exact) mass is 612 g/mol. The zero-order valence-electron chi connectivity index (χ0n) is 27.8. The van der Waals surface area contributed by atoms with Gasteiger partial charge in [0.2, 0.25) is 0 Å². The highest BCUT2D eigenvalue weighted by Gasteiger charge is 2.81. The van der Waals surface area contributed by atoms with Gasteiger partial charge in [0, 0.05) is 18.5 Å². The van der Waals surface area contributed by atoms with Crippen LogP contribution in [0.2, 0.25) is 0 Å². The summed E-state index contributed by atoms with van der Waals surface area (Å²) in [6.07, 6.45) is 12.9. The summed E-state index contributed by atoms with van der Waals surface area (Å²) in [6.45, 7) is 14.6. The van der Waals surface area contributed by atoms with Crippen molar-refractivity contribution in [1.82, 2.24) is 10.2 Å².